The summed E-state index contributed by atoms with van der Waals surface area (Å²) >= 11 is 2.10. The van der Waals surface area contributed by atoms with Crippen molar-refractivity contribution in [3.8, 4) is 0 Å². The summed E-state index contributed by atoms with van der Waals surface area (Å²) < 4.78 is 0.430. The van der Waals surface area contributed by atoms with Gasteiger partial charge in [0.1, 0.15) is 0 Å². The molecule has 2 aliphatic rings. The van der Waals surface area contributed by atoms with Gasteiger partial charge >= 0.3 is 0 Å². The average molecular weight is 285 g/mol. The van der Waals surface area contributed by atoms with Crippen LogP contribution in [0.5, 0.6) is 0 Å². The number of thioether (sulfide) groups is 1. The van der Waals surface area contributed by atoms with E-state index in [0.717, 1.165) is 13.0 Å². The maximum atomic E-state index is 10.3. The zero-order chi connectivity index (χ0) is 14.1. The van der Waals surface area contributed by atoms with E-state index in [1.165, 1.54) is 38.1 Å². The largest absolute Gasteiger partial charge is 0.393 e. The van der Waals surface area contributed by atoms with E-state index < -0.39 is 0 Å². The van der Waals surface area contributed by atoms with Gasteiger partial charge in [-0.3, -0.25) is 0 Å². The van der Waals surface area contributed by atoms with Crippen LogP contribution in [0.2, 0.25) is 0 Å². The minimum Gasteiger partial charge on any atom is -0.393 e. The highest BCUT2D eigenvalue weighted by molar-refractivity contribution is 8.00. The molecule has 2 nitrogen and oxygen atoms in total. The molecule has 1 saturated heterocycles. The average Bonchev–Trinajstić information content (AvgIpc) is 2.46. The number of hydrogen-bond donors (Lipinski definition) is 1. The molecule has 0 radical (unpaired) electrons. The maximum absolute atomic E-state index is 10.3. The fraction of sp³-hybridized carbons (Fsp3) is 1.00. The van der Waals surface area contributed by atoms with Gasteiger partial charge in [-0.2, -0.15) is 11.8 Å². The van der Waals surface area contributed by atoms with Crippen LogP contribution in [-0.4, -0.2) is 46.2 Å². The van der Waals surface area contributed by atoms with Crippen molar-refractivity contribution in [3.05, 3.63) is 0 Å². The highest BCUT2D eigenvalue weighted by atomic mass is 32.2. The SMILES string of the molecule is CC1(C)CCC(O)C(CN2CCSC(C)(C)CC2)C1. The Kier molecular flexibility index (Phi) is 4.90. The maximum Gasteiger partial charge on any atom is 0.0581 e. The predicted octanol–water partition coefficient (Wildman–Crippen LogP) is 3.39. The Labute approximate surface area is 123 Å². The van der Waals surface area contributed by atoms with E-state index in [1.807, 2.05) is 0 Å². The van der Waals surface area contributed by atoms with E-state index in [2.05, 4.69) is 44.4 Å². The van der Waals surface area contributed by atoms with Crippen molar-refractivity contribution in [2.45, 2.75) is 64.2 Å². The molecule has 0 spiro atoms. The number of rotatable bonds is 2. The Morgan fingerprint density at radius 3 is 2.63 bits per heavy atom. The second kappa shape index (κ2) is 5.95. The van der Waals surface area contributed by atoms with Gasteiger partial charge in [-0.15, -0.1) is 0 Å². The summed E-state index contributed by atoms with van der Waals surface area (Å²) in [6, 6.07) is 0. The molecule has 112 valence electrons. The second-order valence-electron chi connectivity index (χ2n) is 7.89. The summed E-state index contributed by atoms with van der Waals surface area (Å²) in [5.41, 5.74) is 0.420. The molecule has 0 aromatic heterocycles. The minimum atomic E-state index is -0.0723. The van der Waals surface area contributed by atoms with Crippen molar-refractivity contribution in [2.75, 3.05) is 25.4 Å². The van der Waals surface area contributed by atoms with Gasteiger partial charge in [-0.05, 0) is 43.6 Å². The van der Waals surface area contributed by atoms with E-state index in [4.69, 9.17) is 0 Å². The molecule has 0 bridgehead atoms. The van der Waals surface area contributed by atoms with Crippen molar-refractivity contribution in [1.82, 2.24) is 4.90 Å². The minimum absolute atomic E-state index is 0.0723. The third-order valence-electron chi connectivity index (χ3n) is 4.90. The summed E-state index contributed by atoms with van der Waals surface area (Å²) in [5.74, 6) is 1.72. The third kappa shape index (κ3) is 4.64. The van der Waals surface area contributed by atoms with Crippen molar-refractivity contribution >= 4 is 11.8 Å². The lowest BCUT2D eigenvalue weighted by atomic mass is 9.70. The van der Waals surface area contributed by atoms with E-state index >= 15 is 0 Å². The molecule has 2 unspecified atom stereocenters. The van der Waals surface area contributed by atoms with Gasteiger partial charge in [0.25, 0.3) is 0 Å². The Balaban J connectivity index is 1.89. The molecule has 1 heterocycles. The fourth-order valence-corrected chi connectivity index (χ4v) is 4.62. The van der Waals surface area contributed by atoms with Gasteiger partial charge in [-0.25, -0.2) is 0 Å². The quantitative estimate of drug-likeness (QED) is 0.841. The molecule has 2 rings (SSSR count). The van der Waals surface area contributed by atoms with Crippen molar-refractivity contribution in [2.24, 2.45) is 11.3 Å². The first-order valence-electron chi connectivity index (χ1n) is 7.82. The first-order chi connectivity index (χ1) is 8.77. The summed E-state index contributed by atoms with van der Waals surface area (Å²) in [6.45, 7) is 12.9. The van der Waals surface area contributed by atoms with Crippen LogP contribution >= 0.6 is 11.8 Å². The molecule has 2 fully saturated rings. The molecule has 1 saturated carbocycles. The molecular formula is C16H31NOS. The monoisotopic (exact) mass is 285 g/mol. The van der Waals surface area contributed by atoms with Crippen molar-refractivity contribution < 1.29 is 5.11 Å². The molecule has 1 aliphatic carbocycles. The van der Waals surface area contributed by atoms with E-state index in [9.17, 15) is 5.11 Å². The van der Waals surface area contributed by atoms with Gasteiger partial charge in [0, 0.05) is 23.6 Å². The molecule has 19 heavy (non-hydrogen) atoms. The summed E-state index contributed by atoms with van der Waals surface area (Å²) in [6.07, 6.45) is 4.54. The molecular weight excluding hydrogens is 254 g/mol. The molecule has 1 aliphatic heterocycles. The highest BCUT2D eigenvalue weighted by Gasteiger charge is 2.35. The van der Waals surface area contributed by atoms with Crippen LogP contribution in [0.25, 0.3) is 0 Å². The summed E-state index contributed by atoms with van der Waals surface area (Å²) in [7, 11) is 0. The lowest BCUT2D eigenvalue weighted by Crippen LogP contribution is -2.42. The van der Waals surface area contributed by atoms with E-state index in [-0.39, 0.29) is 6.10 Å². The lowest BCUT2D eigenvalue weighted by molar-refractivity contribution is 0.00496. The fourth-order valence-electron chi connectivity index (χ4n) is 3.49. The van der Waals surface area contributed by atoms with Crippen molar-refractivity contribution in [1.29, 1.82) is 0 Å². The topological polar surface area (TPSA) is 23.5 Å². The summed E-state index contributed by atoms with van der Waals surface area (Å²) in [4.78, 5) is 2.59. The van der Waals surface area contributed by atoms with Gasteiger partial charge in [0.15, 0.2) is 0 Å². The van der Waals surface area contributed by atoms with Crippen LogP contribution in [0, 0.1) is 11.3 Å². The molecule has 1 N–H and O–H groups in total. The Morgan fingerprint density at radius 1 is 1.16 bits per heavy atom. The zero-order valence-electron chi connectivity index (χ0n) is 13.1. The Morgan fingerprint density at radius 2 is 1.89 bits per heavy atom. The molecule has 3 heteroatoms. The van der Waals surface area contributed by atoms with Crippen LogP contribution in [0.1, 0.15) is 53.4 Å². The highest BCUT2D eigenvalue weighted by Crippen LogP contribution is 2.39. The molecule has 2 atom stereocenters. The van der Waals surface area contributed by atoms with Crippen LogP contribution in [0.4, 0.5) is 0 Å². The van der Waals surface area contributed by atoms with Gasteiger partial charge in [0.05, 0.1) is 6.10 Å². The van der Waals surface area contributed by atoms with Gasteiger partial charge < -0.3 is 10.0 Å². The lowest BCUT2D eigenvalue weighted by Gasteiger charge is -2.40. The number of aliphatic hydroxyl groups is 1. The van der Waals surface area contributed by atoms with E-state index in [1.54, 1.807) is 0 Å². The van der Waals surface area contributed by atoms with E-state index in [0.29, 0.717) is 16.1 Å². The summed E-state index contributed by atoms with van der Waals surface area (Å²) in [5, 5.41) is 10.3. The van der Waals surface area contributed by atoms with Gasteiger partial charge in [0.2, 0.25) is 0 Å². The molecule has 0 aromatic rings. The van der Waals surface area contributed by atoms with Crippen LogP contribution in [0.3, 0.4) is 0 Å². The third-order valence-corrected chi connectivity index (χ3v) is 6.27. The normalized spacial score (nSPS) is 35.8. The number of hydrogen-bond acceptors (Lipinski definition) is 3. The molecule has 0 aromatic carbocycles. The second-order valence-corrected chi connectivity index (χ2v) is 9.70. The Hall–Kier alpha value is 0.270. The van der Waals surface area contributed by atoms with Crippen LogP contribution in [-0.2, 0) is 0 Å². The number of nitrogens with zero attached hydrogens (tertiary/aromatic N) is 1. The van der Waals surface area contributed by atoms with Gasteiger partial charge in [-0.1, -0.05) is 27.7 Å². The first-order valence-corrected chi connectivity index (χ1v) is 8.80. The zero-order valence-corrected chi connectivity index (χ0v) is 13.9. The predicted molar refractivity (Wildman–Crippen MR) is 84.7 cm³/mol. The Bertz CT molecular complexity index is 303. The van der Waals surface area contributed by atoms with Crippen molar-refractivity contribution in [3.63, 3.8) is 0 Å². The first kappa shape index (κ1) is 15.7. The smallest absolute Gasteiger partial charge is 0.0581 e. The molecule has 0 amide bonds. The standard InChI is InChI=1S/C16H31NOS/c1-15(2)6-5-14(18)13(11-15)12-17-8-7-16(3,4)19-10-9-17/h13-14,18H,5-12H2,1-4H3. The van der Waals surface area contributed by atoms with Crippen LogP contribution in [0.15, 0.2) is 0 Å². The van der Waals surface area contributed by atoms with Crippen LogP contribution < -0.4 is 0 Å². The number of aliphatic hydroxyl groups excluding tert-OH is 1.